The molecule has 100 valence electrons. The lowest BCUT2D eigenvalue weighted by atomic mass is 10.2. The summed E-state index contributed by atoms with van der Waals surface area (Å²) in [6.45, 7) is 7.49. The Morgan fingerprint density at radius 3 is 2.88 bits per heavy atom. The van der Waals surface area contributed by atoms with Crippen molar-refractivity contribution < 1.29 is 14.3 Å². The molecule has 0 aromatic heterocycles. The van der Waals surface area contributed by atoms with E-state index in [2.05, 4.69) is 5.32 Å². The zero-order valence-corrected chi connectivity index (χ0v) is 11.0. The molecule has 1 atom stereocenters. The lowest BCUT2D eigenvalue weighted by molar-refractivity contribution is -0.147. The molecule has 0 radical (unpaired) electrons. The Morgan fingerprint density at radius 1 is 1.47 bits per heavy atom. The van der Waals surface area contributed by atoms with Crippen LogP contribution in [0.25, 0.3) is 0 Å². The minimum atomic E-state index is -0.120. The molecule has 1 rings (SSSR count). The SMILES string of the molecule is CCOC(=O)C(C)CNCCCOCC1CC1. The first kappa shape index (κ1) is 14.5. The normalized spacial score (nSPS) is 16.8. The van der Waals surface area contributed by atoms with Gasteiger partial charge in [0.15, 0.2) is 0 Å². The fourth-order valence-electron chi connectivity index (χ4n) is 1.52. The molecule has 0 saturated heterocycles. The van der Waals surface area contributed by atoms with Gasteiger partial charge < -0.3 is 14.8 Å². The van der Waals surface area contributed by atoms with Crippen molar-refractivity contribution in [3.63, 3.8) is 0 Å². The van der Waals surface area contributed by atoms with Crippen molar-refractivity contribution in [1.29, 1.82) is 0 Å². The highest BCUT2D eigenvalue weighted by Crippen LogP contribution is 2.28. The van der Waals surface area contributed by atoms with E-state index in [0.717, 1.165) is 32.1 Å². The molecule has 0 heterocycles. The van der Waals surface area contributed by atoms with Gasteiger partial charge in [0.2, 0.25) is 0 Å². The van der Waals surface area contributed by atoms with Crippen LogP contribution >= 0.6 is 0 Å². The summed E-state index contributed by atoms with van der Waals surface area (Å²) in [4.78, 5) is 11.3. The smallest absolute Gasteiger partial charge is 0.309 e. The van der Waals surface area contributed by atoms with Gasteiger partial charge in [-0.3, -0.25) is 4.79 Å². The molecule has 0 aliphatic heterocycles. The molecule has 17 heavy (non-hydrogen) atoms. The fraction of sp³-hybridized carbons (Fsp3) is 0.923. The summed E-state index contributed by atoms with van der Waals surface area (Å²) in [5, 5.41) is 3.25. The molecule has 4 heteroatoms. The molecule has 0 aromatic rings. The van der Waals surface area contributed by atoms with Crippen LogP contribution < -0.4 is 5.32 Å². The highest BCUT2D eigenvalue weighted by molar-refractivity contribution is 5.72. The molecule has 0 amide bonds. The average molecular weight is 243 g/mol. The van der Waals surface area contributed by atoms with E-state index >= 15 is 0 Å². The van der Waals surface area contributed by atoms with Crippen LogP contribution in [0.3, 0.4) is 0 Å². The molecule has 1 saturated carbocycles. The molecule has 0 bridgehead atoms. The summed E-state index contributed by atoms with van der Waals surface area (Å²) in [5.41, 5.74) is 0. The highest BCUT2D eigenvalue weighted by Gasteiger charge is 2.20. The van der Waals surface area contributed by atoms with Gasteiger partial charge in [0.1, 0.15) is 0 Å². The maximum atomic E-state index is 11.3. The van der Waals surface area contributed by atoms with E-state index in [1.54, 1.807) is 0 Å². The van der Waals surface area contributed by atoms with E-state index in [-0.39, 0.29) is 11.9 Å². The number of hydrogen-bond acceptors (Lipinski definition) is 4. The first-order valence-electron chi connectivity index (χ1n) is 6.69. The van der Waals surface area contributed by atoms with Gasteiger partial charge in [0, 0.05) is 19.8 Å². The Morgan fingerprint density at radius 2 is 2.24 bits per heavy atom. The zero-order chi connectivity index (χ0) is 12.5. The third-order valence-corrected chi connectivity index (χ3v) is 2.83. The number of esters is 1. The van der Waals surface area contributed by atoms with Crippen LogP contribution in [0.1, 0.15) is 33.1 Å². The van der Waals surface area contributed by atoms with Gasteiger partial charge in [-0.1, -0.05) is 6.92 Å². The van der Waals surface area contributed by atoms with Crippen molar-refractivity contribution in [3.8, 4) is 0 Å². The second-order valence-electron chi connectivity index (χ2n) is 4.73. The first-order valence-corrected chi connectivity index (χ1v) is 6.69. The summed E-state index contributed by atoms with van der Waals surface area (Å²) in [5.74, 6) is 0.652. The maximum absolute atomic E-state index is 11.3. The lowest BCUT2D eigenvalue weighted by Gasteiger charge is -2.11. The second kappa shape index (κ2) is 8.48. The Balaban J connectivity index is 1.83. The van der Waals surface area contributed by atoms with Gasteiger partial charge in [0.05, 0.1) is 12.5 Å². The average Bonchev–Trinajstić information content (AvgIpc) is 3.11. The van der Waals surface area contributed by atoms with Crippen molar-refractivity contribution >= 4 is 5.97 Å². The summed E-state index contributed by atoms with van der Waals surface area (Å²) >= 11 is 0. The van der Waals surface area contributed by atoms with Gasteiger partial charge in [0.25, 0.3) is 0 Å². The van der Waals surface area contributed by atoms with Gasteiger partial charge in [-0.25, -0.2) is 0 Å². The Bertz CT molecular complexity index is 217. The van der Waals surface area contributed by atoms with Gasteiger partial charge in [-0.15, -0.1) is 0 Å². The van der Waals surface area contributed by atoms with Crippen LogP contribution in [-0.4, -0.2) is 38.9 Å². The molecule has 4 nitrogen and oxygen atoms in total. The highest BCUT2D eigenvalue weighted by atomic mass is 16.5. The van der Waals surface area contributed by atoms with Crippen LogP contribution in [0.2, 0.25) is 0 Å². The minimum Gasteiger partial charge on any atom is -0.466 e. The Kier molecular flexibility index (Phi) is 7.21. The van der Waals surface area contributed by atoms with E-state index < -0.39 is 0 Å². The second-order valence-corrected chi connectivity index (χ2v) is 4.73. The monoisotopic (exact) mass is 243 g/mol. The van der Waals surface area contributed by atoms with Crippen molar-refractivity contribution in [2.45, 2.75) is 33.1 Å². The van der Waals surface area contributed by atoms with Gasteiger partial charge in [-0.05, 0) is 38.6 Å². The van der Waals surface area contributed by atoms with Gasteiger partial charge in [-0.2, -0.15) is 0 Å². The molecular formula is C13H25NO3. The number of rotatable bonds is 10. The Hall–Kier alpha value is -0.610. The largest absolute Gasteiger partial charge is 0.466 e. The maximum Gasteiger partial charge on any atom is 0.309 e. The van der Waals surface area contributed by atoms with Crippen LogP contribution in [0, 0.1) is 11.8 Å². The number of ether oxygens (including phenoxy) is 2. The lowest BCUT2D eigenvalue weighted by Crippen LogP contribution is -2.29. The standard InChI is InChI=1S/C13H25NO3/c1-3-17-13(15)11(2)9-14-7-4-8-16-10-12-5-6-12/h11-12,14H,3-10H2,1-2H3. The van der Waals surface area contributed by atoms with Gasteiger partial charge >= 0.3 is 5.97 Å². The Labute approximate surface area is 104 Å². The third kappa shape index (κ3) is 7.34. The summed E-state index contributed by atoms with van der Waals surface area (Å²) < 4.78 is 10.4. The molecule has 1 unspecified atom stereocenters. The van der Waals surface area contributed by atoms with Crippen LogP contribution in [0.5, 0.6) is 0 Å². The number of hydrogen-bond donors (Lipinski definition) is 1. The first-order chi connectivity index (χ1) is 8.24. The quantitative estimate of drug-likeness (QED) is 0.467. The molecule has 1 N–H and O–H groups in total. The third-order valence-electron chi connectivity index (χ3n) is 2.83. The van der Waals surface area contributed by atoms with Crippen LogP contribution in [0.4, 0.5) is 0 Å². The molecule has 1 aliphatic rings. The van der Waals surface area contributed by atoms with E-state index in [1.807, 2.05) is 13.8 Å². The summed E-state index contributed by atoms with van der Waals surface area (Å²) in [6, 6.07) is 0. The van der Waals surface area contributed by atoms with Crippen molar-refractivity contribution in [3.05, 3.63) is 0 Å². The molecule has 0 spiro atoms. The van der Waals surface area contributed by atoms with Crippen molar-refractivity contribution in [2.24, 2.45) is 11.8 Å². The zero-order valence-electron chi connectivity index (χ0n) is 11.0. The van der Waals surface area contributed by atoms with E-state index in [9.17, 15) is 4.79 Å². The molecule has 0 aromatic carbocycles. The fourth-order valence-corrected chi connectivity index (χ4v) is 1.52. The number of nitrogens with one attached hydrogen (secondary N) is 1. The number of carbonyl (C=O) groups excluding carboxylic acids is 1. The molecule has 1 fully saturated rings. The number of carbonyl (C=O) groups is 1. The molecule has 1 aliphatic carbocycles. The topological polar surface area (TPSA) is 47.6 Å². The predicted molar refractivity (Wildman–Crippen MR) is 66.8 cm³/mol. The van der Waals surface area contributed by atoms with E-state index in [4.69, 9.17) is 9.47 Å². The van der Waals surface area contributed by atoms with E-state index in [0.29, 0.717) is 13.2 Å². The van der Waals surface area contributed by atoms with Crippen LogP contribution in [-0.2, 0) is 14.3 Å². The van der Waals surface area contributed by atoms with Crippen LogP contribution in [0.15, 0.2) is 0 Å². The molecular weight excluding hydrogens is 218 g/mol. The minimum absolute atomic E-state index is 0.0673. The summed E-state index contributed by atoms with van der Waals surface area (Å²) in [6.07, 6.45) is 3.69. The van der Waals surface area contributed by atoms with E-state index in [1.165, 1.54) is 12.8 Å². The van der Waals surface area contributed by atoms with Crippen molar-refractivity contribution in [2.75, 3.05) is 32.9 Å². The summed E-state index contributed by atoms with van der Waals surface area (Å²) in [7, 11) is 0. The van der Waals surface area contributed by atoms with Crippen molar-refractivity contribution in [1.82, 2.24) is 5.32 Å². The predicted octanol–water partition coefficient (Wildman–Crippen LogP) is 1.59.